The van der Waals surface area contributed by atoms with Crippen LogP contribution in [0.1, 0.15) is 12.8 Å². The van der Waals surface area contributed by atoms with E-state index in [1.54, 1.807) is 0 Å². The fourth-order valence-corrected chi connectivity index (χ4v) is 4.95. The van der Waals surface area contributed by atoms with Gasteiger partial charge in [0.1, 0.15) is 13.4 Å². The lowest BCUT2D eigenvalue weighted by Crippen LogP contribution is -2.17. The third-order valence-electron chi connectivity index (χ3n) is 1.79. The van der Waals surface area contributed by atoms with Crippen molar-refractivity contribution >= 4 is 44.0 Å². The molecule has 0 aliphatic heterocycles. The third-order valence-corrected chi connectivity index (χ3v) is 7.26. The molecule has 0 nitrogen and oxygen atoms in total. The molecule has 0 aromatic carbocycles. The summed E-state index contributed by atoms with van der Waals surface area (Å²) in [5, 5.41) is 0. The first kappa shape index (κ1) is 13.4. The number of rotatable bonds is 5. The van der Waals surface area contributed by atoms with Crippen molar-refractivity contribution in [1.82, 2.24) is 0 Å². The van der Waals surface area contributed by atoms with Crippen molar-refractivity contribution in [2.75, 3.05) is 0 Å². The van der Waals surface area contributed by atoms with Gasteiger partial charge in [0.2, 0.25) is 0 Å². The number of hydrogen-bond acceptors (Lipinski definition) is 0. The lowest BCUT2D eigenvalue weighted by molar-refractivity contribution is 0.862. The van der Waals surface area contributed by atoms with E-state index < -0.39 is 13.4 Å². The van der Waals surface area contributed by atoms with E-state index in [2.05, 4.69) is 56.8 Å². The molecular weight excluding hydrogens is 312 g/mol. The Hall–Kier alpha value is 1.39. The minimum atomic E-state index is -0.941. The molecular formula is C8H20Br2Si2. The predicted octanol–water partition coefficient (Wildman–Crippen LogP) is 4.97. The van der Waals surface area contributed by atoms with Crippen LogP contribution in [0.25, 0.3) is 0 Å². The Morgan fingerprint density at radius 1 is 0.750 bits per heavy atom. The molecule has 0 saturated heterocycles. The Morgan fingerprint density at radius 3 is 1.17 bits per heavy atom. The van der Waals surface area contributed by atoms with Crippen LogP contribution in [0.3, 0.4) is 0 Å². The van der Waals surface area contributed by atoms with Gasteiger partial charge in [0.25, 0.3) is 0 Å². The van der Waals surface area contributed by atoms with Crippen LogP contribution in [0.15, 0.2) is 0 Å². The van der Waals surface area contributed by atoms with Crippen LogP contribution in [-0.4, -0.2) is 13.4 Å². The van der Waals surface area contributed by atoms with Gasteiger partial charge in [0.05, 0.1) is 0 Å². The zero-order valence-corrected chi connectivity index (χ0v) is 13.8. The SMILES string of the molecule is C[Si](C)(Br)CCCC[Si](C)(C)Br. The summed E-state index contributed by atoms with van der Waals surface area (Å²) >= 11 is 7.60. The summed E-state index contributed by atoms with van der Waals surface area (Å²) in [6, 6.07) is 2.84. The summed E-state index contributed by atoms with van der Waals surface area (Å²) < 4.78 is 0. The van der Waals surface area contributed by atoms with Gasteiger partial charge in [-0.05, 0) is 12.1 Å². The highest BCUT2D eigenvalue weighted by Crippen LogP contribution is 2.24. The van der Waals surface area contributed by atoms with Crippen LogP contribution >= 0.6 is 30.6 Å². The summed E-state index contributed by atoms with van der Waals surface area (Å²) in [7, 11) is 0. The van der Waals surface area contributed by atoms with Crippen molar-refractivity contribution < 1.29 is 0 Å². The minimum Gasteiger partial charge on any atom is -0.127 e. The largest absolute Gasteiger partial charge is 0.127 e. The molecule has 0 amide bonds. The van der Waals surface area contributed by atoms with Gasteiger partial charge in [0, 0.05) is 0 Å². The van der Waals surface area contributed by atoms with Gasteiger partial charge in [-0.25, -0.2) is 0 Å². The van der Waals surface area contributed by atoms with Crippen LogP contribution in [0.4, 0.5) is 0 Å². The van der Waals surface area contributed by atoms with Gasteiger partial charge < -0.3 is 0 Å². The first-order valence-electron chi connectivity index (χ1n) is 4.59. The average Bonchev–Trinajstić information content (AvgIpc) is 1.76. The van der Waals surface area contributed by atoms with E-state index in [1.807, 2.05) is 0 Å². The van der Waals surface area contributed by atoms with Crippen molar-refractivity contribution in [3.63, 3.8) is 0 Å². The molecule has 0 radical (unpaired) electrons. The van der Waals surface area contributed by atoms with Crippen LogP contribution in [0.2, 0.25) is 38.3 Å². The maximum Gasteiger partial charge on any atom is 0.124 e. The van der Waals surface area contributed by atoms with E-state index in [1.165, 1.54) is 24.9 Å². The maximum atomic E-state index is 3.80. The van der Waals surface area contributed by atoms with E-state index in [0.717, 1.165) is 0 Å². The zero-order valence-electron chi connectivity index (χ0n) is 8.58. The number of hydrogen-bond donors (Lipinski definition) is 0. The quantitative estimate of drug-likeness (QED) is 0.379. The van der Waals surface area contributed by atoms with Gasteiger partial charge >= 0.3 is 0 Å². The van der Waals surface area contributed by atoms with Crippen LogP contribution in [0, 0.1) is 0 Å². The van der Waals surface area contributed by atoms with Crippen molar-refractivity contribution in [1.29, 1.82) is 0 Å². The first-order valence-corrected chi connectivity index (χ1v) is 15.5. The molecule has 4 heteroatoms. The standard InChI is InChI=1S/C8H20Br2Si2/c1-11(2,9)7-5-6-8-12(3,4)10/h5-8H2,1-4H3. The molecule has 0 aliphatic rings. The second kappa shape index (κ2) is 5.32. The van der Waals surface area contributed by atoms with Crippen LogP contribution in [-0.2, 0) is 0 Å². The minimum absolute atomic E-state index is 0.941. The van der Waals surface area contributed by atoms with Crippen molar-refractivity contribution in [2.24, 2.45) is 0 Å². The highest BCUT2D eigenvalue weighted by Gasteiger charge is 2.18. The molecule has 12 heavy (non-hydrogen) atoms. The molecule has 0 aromatic rings. The second-order valence-corrected chi connectivity index (χ2v) is 25.4. The molecule has 74 valence electrons. The highest BCUT2D eigenvalue weighted by atomic mass is 79.9. The predicted molar refractivity (Wildman–Crippen MR) is 71.7 cm³/mol. The molecule has 0 unspecified atom stereocenters. The normalized spacial score (nSPS) is 13.5. The first-order chi connectivity index (χ1) is 5.21. The Kier molecular flexibility index (Phi) is 5.94. The summed E-state index contributed by atoms with van der Waals surface area (Å²) in [4.78, 5) is 0. The molecule has 0 aromatic heterocycles. The Labute approximate surface area is 94.7 Å². The summed E-state index contributed by atoms with van der Waals surface area (Å²) in [5.41, 5.74) is 0. The zero-order chi connectivity index (χ0) is 9.83. The second-order valence-electron chi connectivity index (χ2n) is 4.64. The van der Waals surface area contributed by atoms with E-state index in [0.29, 0.717) is 0 Å². The summed E-state index contributed by atoms with van der Waals surface area (Å²) in [6.45, 7) is 7.63. The molecule has 0 fully saturated rings. The van der Waals surface area contributed by atoms with Gasteiger partial charge in [-0.3, -0.25) is 0 Å². The van der Waals surface area contributed by atoms with Gasteiger partial charge in [-0.15, -0.1) is 30.6 Å². The van der Waals surface area contributed by atoms with Crippen molar-refractivity contribution in [2.45, 2.75) is 51.1 Å². The smallest absolute Gasteiger partial charge is 0.124 e. The Morgan fingerprint density at radius 2 is 1.00 bits per heavy atom. The molecule has 0 heterocycles. The van der Waals surface area contributed by atoms with Crippen molar-refractivity contribution in [3.8, 4) is 0 Å². The fourth-order valence-electron chi connectivity index (χ4n) is 1.09. The average molecular weight is 332 g/mol. The summed E-state index contributed by atoms with van der Waals surface area (Å²) in [5.74, 6) is 0. The third kappa shape index (κ3) is 11.4. The maximum absolute atomic E-state index is 3.80. The van der Waals surface area contributed by atoms with Gasteiger partial charge in [0.15, 0.2) is 0 Å². The fraction of sp³-hybridized carbons (Fsp3) is 1.00. The van der Waals surface area contributed by atoms with Gasteiger partial charge in [-0.1, -0.05) is 39.0 Å². The molecule has 0 bridgehead atoms. The van der Waals surface area contributed by atoms with Crippen LogP contribution < -0.4 is 0 Å². The Balaban J connectivity index is 3.35. The summed E-state index contributed by atoms with van der Waals surface area (Å²) in [6.07, 6.45) is 2.82. The van der Waals surface area contributed by atoms with E-state index in [9.17, 15) is 0 Å². The van der Waals surface area contributed by atoms with E-state index in [4.69, 9.17) is 0 Å². The number of unbranched alkanes of at least 4 members (excludes halogenated alkanes) is 1. The Bertz CT molecular complexity index is 108. The molecule has 0 rings (SSSR count). The topological polar surface area (TPSA) is 0 Å². The lowest BCUT2D eigenvalue weighted by atomic mass is 10.4. The number of halogens is 2. The van der Waals surface area contributed by atoms with Gasteiger partial charge in [-0.2, -0.15) is 0 Å². The van der Waals surface area contributed by atoms with Crippen molar-refractivity contribution in [3.05, 3.63) is 0 Å². The molecule has 0 N–H and O–H groups in total. The molecule has 0 atom stereocenters. The molecule has 0 spiro atoms. The van der Waals surface area contributed by atoms with E-state index >= 15 is 0 Å². The highest BCUT2D eigenvalue weighted by molar-refractivity contribution is 9.26. The molecule has 0 aliphatic carbocycles. The lowest BCUT2D eigenvalue weighted by Gasteiger charge is -2.16. The molecule has 0 saturated carbocycles. The van der Waals surface area contributed by atoms with Crippen LogP contribution in [0.5, 0.6) is 0 Å². The monoisotopic (exact) mass is 330 g/mol. The van der Waals surface area contributed by atoms with E-state index in [-0.39, 0.29) is 0 Å².